The number of rotatable bonds is 5. The molecule has 11 aromatic carbocycles. The van der Waals surface area contributed by atoms with Gasteiger partial charge in [0.1, 0.15) is 6.17 Å². The van der Waals surface area contributed by atoms with Crippen LogP contribution < -0.4 is 10.6 Å². The van der Waals surface area contributed by atoms with Gasteiger partial charge in [-0.15, -0.1) is 0 Å². The molecule has 0 saturated heterocycles. The monoisotopic (exact) mass is 881 g/mol. The first kappa shape index (κ1) is 38.2. The third-order valence-corrected chi connectivity index (χ3v) is 14.9. The quantitative estimate of drug-likeness (QED) is 0.181. The zero-order valence-corrected chi connectivity index (χ0v) is 37.5. The summed E-state index contributed by atoms with van der Waals surface area (Å²) >= 11 is 0. The zero-order chi connectivity index (χ0) is 45.2. The van der Waals surface area contributed by atoms with Crippen molar-refractivity contribution in [1.82, 2.24) is 19.0 Å². The average molecular weight is 882 g/mol. The molecule has 15 rings (SSSR count). The molecule has 0 bridgehead atoms. The summed E-state index contributed by atoms with van der Waals surface area (Å²) < 4.78 is 7.35. The maximum atomic E-state index is 4.14. The van der Waals surface area contributed by atoms with E-state index in [1.165, 1.54) is 92.7 Å². The van der Waals surface area contributed by atoms with Crippen LogP contribution in [0.15, 0.2) is 237 Å². The Kier molecular flexibility index (Phi) is 8.20. The summed E-state index contributed by atoms with van der Waals surface area (Å²) in [5.41, 5.74) is 15.3. The number of fused-ring (bicyclic) bond motifs is 13. The van der Waals surface area contributed by atoms with Gasteiger partial charge in [-0.25, -0.2) is 0 Å². The molecule has 2 atom stereocenters. The number of benzene rings is 11. The van der Waals surface area contributed by atoms with Gasteiger partial charge in [-0.3, -0.25) is 5.32 Å². The fourth-order valence-electron chi connectivity index (χ4n) is 11.9. The molecule has 0 saturated carbocycles. The minimum Gasteiger partial charge on any atom is -0.365 e. The fraction of sp³-hybridized carbons (Fsp3) is 0.0312. The topological polar surface area (TPSA) is 38.9 Å². The van der Waals surface area contributed by atoms with Crippen molar-refractivity contribution in [2.45, 2.75) is 12.2 Å². The van der Waals surface area contributed by atoms with E-state index in [1.807, 2.05) is 0 Å². The largest absolute Gasteiger partial charge is 0.365 e. The van der Waals surface area contributed by atoms with Gasteiger partial charge in [0.2, 0.25) is 0 Å². The smallest absolute Gasteiger partial charge is 0.104 e. The third kappa shape index (κ3) is 5.69. The lowest BCUT2D eigenvalue weighted by atomic mass is 9.88. The molecule has 1 aliphatic heterocycles. The molecular weight excluding hydrogens is 839 g/mol. The van der Waals surface area contributed by atoms with E-state index < -0.39 is 0 Å². The zero-order valence-electron chi connectivity index (χ0n) is 37.5. The molecule has 5 heteroatoms. The Bertz CT molecular complexity index is 4130. The molecular formula is C64H43N5. The van der Waals surface area contributed by atoms with Crippen LogP contribution in [0.5, 0.6) is 0 Å². The first-order chi connectivity index (χ1) is 34.2. The lowest BCUT2D eigenvalue weighted by Crippen LogP contribution is -2.37. The van der Waals surface area contributed by atoms with Crippen molar-refractivity contribution in [2.24, 2.45) is 0 Å². The molecule has 3 aromatic heterocycles. The van der Waals surface area contributed by atoms with E-state index in [-0.39, 0.29) is 12.2 Å². The van der Waals surface area contributed by atoms with Crippen molar-refractivity contribution in [1.29, 1.82) is 0 Å². The van der Waals surface area contributed by atoms with E-state index in [0.717, 1.165) is 33.7 Å². The van der Waals surface area contributed by atoms with Gasteiger partial charge in [0.15, 0.2) is 0 Å². The molecule has 0 radical (unpaired) electrons. The highest BCUT2D eigenvalue weighted by molar-refractivity contribution is 6.13. The van der Waals surface area contributed by atoms with E-state index >= 15 is 0 Å². The van der Waals surface area contributed by atoms with Crippen molar-refractivity contribution in [3.63, 3.8) is 0 Å². The van der Waals surface area contributed by atoms with Crippen LogP contribution in [0.4, 0.5) is 5.69 Å². The normalized spacial score (nSPS) is 15.0. The number of nitrogens with zero attached hydrogens (tertiary/aromatic N) is 3. The lowest BCUT2D eigenvalue weighted by Gasteiger charge is -2.36. The van der Waals surface area contributed by atoms with Crippen LogP contribution in [0.3, 0.4) is 0 Å². The van der Waals surface area contributed by atoms with Crippen molar-refractivity contribution in [3.8, 4) is 17.1 Å². The summed E-state index contributed by atoms with van der Waals surface area (Å²) in [6.07, 6.45) is -0.193. The fourth-order valence-corrected chi connectivity index (χ4v) is 11.9. The number of anilines is 1. The van der Waals surface area contributed by atoms with Crippen LogP contribution in [0, 0.1) is 0 Å². The highest BCUT2D eigenvalue weighted by Crippen LogP contribution is 2.44. The maximum Gasteiger partial charge on any atom is 0.104 e. The highest BCUT2D eigenvalue weighted by atomic mass is 15.2. The molecule has 0 amide bonds. The molecule has 0 fully saturated rings. The number of hydrogen-bond donors (Lipinski definition) is 2. The van der Waals surface area contributed by atoms with Crippen LogP contribution in [0.1, 0.15) is 28.9 Å². The second-order valence-electron chi connectivity index (χ2n) is 18.6. The van der Waals surface area contributed by atoms with Gasteiger partial charge in [0.25, 0.3) is 0 Å². The number of nitrogens with one attached hydrogen (secondary N) is 2. The van der Waals surface area contributed by atoms with Crippen LogP contribution >= 0.6 is 0 Å². The lowest BCUT2D eigenvalue weighted by molar-refractivity contribution is 0.509. The minimum atomic E-state index is -0.193. The summed E-state index contributed by atoms with van der Waals surface area (Å²) in [4.78, 5) is 0. The Morgan fingerprint density at radius 3 is 1.30 bits per heavy atom. The van der Waals surface area contributed by atoms with Crippen molar-refractivity contribution in [3.05, 3.63) is 253 Å². The van der Waals surface area contributed by atoms with Gasteiger partial charge in [0.05, 0.1) is 39.1 Å². The van der Waals surface area contributed by atoms with Gasteiger partial charge in [-0.1, -0.05) is 176 Å². The maximum absolute atomic E-state index is 4.14. The van der Waals surface area contributed by atoms with Gasteiger partial charge >= 0.3 is 0 Å². The van der Waals surface area contributed by atoms with Crippen molar-refractivity contribution < 1.29 is 0 Å². The summed E-state index contributed by atoms with van der Waals surface area (Å²) in [7, 11) is 0. The van der Waals surface area contributed by atoms with Gasteiger partial charge in [-0.2, -0.15) is 0 Å². The second-order valence-corrected chi connectivity index (χ2v) is 18.6. The van der Waals surface area contributed by atoms with Crippen LogP contribution in [-0.2, 0) is 0 Å². The molecule has 14 aromatic rings. The molecule has 1 aliphatic rings. The van der Waals surface area contributed by atoms with Crippen LogP contribution in [0.2, 0.25) is 0 Å². The Labute approximate surface area is 397 Å². The molecule has 0 spiro atoms. The highest BCUT2D eigenvalue weighted by Gasteiger charge is 2.31. The summed E-state index contributed by atoms with van der Waals surface area (Å²) in [6.45, 7) is 0. The second kappa shape index (κ2) is 14.8. The molecule has 69 heavy (non-hydrogen) atoms. The van der Waals surface area contributed by atoms with Crippen LogP contribution in [0.25, 0.3) is 104 Å². The van der Waals surface area contributed by atoms with E-state index in [2.05, 4.69) is 261 Å². The molecule has 5 nitrogen and oxygen atoms in total. The molecule has 0 aliphatic carbocycles. The summed E-state index contributed by atoms with van der Waals surface area (Å²) in [5.74, 6) is 0. The standard InChI is InChI=1S/C64H43N5/c1-3-20-46-40(15-1)17-14-26-54(46)63-55-34-31-41-16-2-4-21-47(41)62(55)65-64(66-63)42-18-13-19-43(37-42)69-60-38-44(67-56-27-9-5-22-48(56)49-23-6-10-28-57(49)67)32-35-52(60)53-36-33-45(39-61(53)69)68-58-29-11-7-24-50(58)51-25-8-12-30-59(51)68/h1-39,63-66H. The molecule has 2 N–H and O–H groups in total. The van der Waals surface area contributed by atoms with Crippen molar-refractivity contribution >= 4 is 92.6 Å². The van der Waals surface area contributed by atoms with Gasteiger partial charge in [-0.05, 0) is 93.5 Å². The Morgan fingerprint density at radius 1 is 0.290 bits per heavy atom. The third-order valence-electron chi connectivity index (χ3n) is 14.9. The first-order valence-electron chi connectivity index (χ1n) is 23.9. The van der Waals surface area contributed by atoms with E-state index in [4.69, 9.17) is 0 Å². The molecule has 324 valence electrons. The van der Waals surface area contributed by atoms with Crippen LogP contribution in [-0.4, -0.2) is 13.7 Å². The Morgan fingerprint density at radius 2 is 0.725 bits per heavy atom. The van der Waals surface area contributed by atoms with E-state index in [0.29, 0.717) is 0 Å². The number of para-hydroxylation sites is 4. The van der Waals surface area contributed by atoms with Crippen molar-refractivity contribution in [2.75, 3.05) is 5.32 Å². The van der Waals surface area contributed by atoms with E-state index in [1.54, 1.807) is 0 Å². The summed E-state index contributed by atoms with van der Waals surface area (Å²) in [5, 5.41) is 20.5. The van der Waals surface area contributed by atoms with Gasteiger partial charge in [0, 0.05) is 60.5 Å². The number of aromatic nitrogens is 3. The SMILES string of the molecule is c1cc(C2Nc3c(ccc4ccccc34)C(c3cccc4ccccc34)N2)cc(-n2c3cc(-n4c5ccccc5c5ccccc54)ccc3c3ccc(-n4c5ccccc5c5ccccc54)cc32)c1. The average Bonchev–Trinajstić information content (AvgIpc) is 4.05. The molecule has 4 heterocycles. The summed E-state index contributed by atoms with van der Waals surface area (Å²) in [6, 6.07) is 87.0. The minimum absolute atomic E-state index is 0.0543. The number of hydrogen-bond acceptors (Lipinski definition) is 2. The predicted molar refractivity (Wildman–Crippen MR) is 289 cm³/mol. The van der Waals surface area contributed by atoms with E-state index in [9.17, 15) is 0 Å². The van der Waals surface area contributed by atoms with Gasteiger partial charge < -0.3 is 19.0 Å². The Balaban J connectivity index is 0.963. The first-order valence-corrected chi connectivity index (χ1v) is 23.9. The Hall–Kier alpha value is -8.90. The molecule has 2 unspecified atom stereocenters. The predicted octanol–water partition coefficient (Wildman–Crippen LogP) is 16.1.